The lowest BCUT2D eigenvalue weighted by molar-refractivity contribution is 0.202. The molecule has 1 aromatic rings. The number of nitrogens with zero attached hydrogens (tertiary/aromatic N) is 2. The van der Waals surface area contributed by atoms with Crippen molar-refractivity contribution in [3.8, 4) is 0 Å². The maximum absolute atomic E-state index is 8.93. The number of rotatable bonds is 8. The summed E-state index contributed by atoms with van der Waals surface area (Å²) in [7, 11) is 1.91. The van der Waals surface area contributed by atoms with Gasteiger partial charge < -0.3 is 10.4 Å². The summed E-state index contributed by atoms with van der Waals surface area (Å²) in [6, 6.07) is 0. The van der Waals surface area contributed by atoms with Crippen LogP contribution in [0.2, 0.25) is 0 Å². The summed E-state index contributed by atoms with van der Waals surface area (Å²) < 4.78 is 0. The number of aliphatic hydroxyl groups excluding tert-OH is 1. The van der Waals surface area contributed by atoms with Crippen molar-refractivity contribution < 1.29 is 5.11 Å². The van der Waals surface area contributed by atoms with Crippen LogP contribution >= 0.6 is 11.3 Å². The molecule has 0 fully saturated rings. The minimum Gasteiger partial charge on any atom is -0.395 e. The van der Waals surface area contributed by atoms with E-state index >= 15 is 0 Å². The molecule has 0 spiro atoms. The van der Waals surface area contributed by atoms with Gasteiger partial charge in [-0.05, 0) is 7.05 Å². The van der Waals surface area contributed by atoms with Gasteiger partial charge in [0.25, 0.3) is 0 Å². The molecule has 0 unspecified atom stereocenters. The topological polar surface area (TPSA) is 48.4 Å². The Hall–Kier alpha value is -0.750. The molecule has 0 aliphatic carbocycles. The predicted molar refractivity (Wildman–Crippen MR) is 67.4 cm³/mol. The molecular weight excluding hydrogens is 222 g/mol. The lowest BCUT2D eigenvalue weighted by atomic mass is 10.4. The van der Waals surface area contributed by atoms with Gasteiger partial charge in [-0.3, -0.25) is 4.90 Å². The molecule has 1 rings (SSSR count). The van der Waals surface area contributed by atoms with Crippen LogP contribution in [0, 0.1) is 0 Å². The van der Waals surface area contributed by atoms with E-state index in [9.17, 15) is 0 Å². The van der Waals surface area contributed by atoms with Gasteiger partial charge in [0.05, 0.1) is 12.3 Å². The molecule has 0 radical (unpaired) electrons. The Morgan fingerprint density at radius 2 is 2.50 bits per heavy atom. The number of hydrogen-bond acceptors (Lipinski definition) is 5. The second kappa shape index (κ2) is 7.51. The minimum atomic E-state index is 0.168. The highest BCUT2D eigenvalue weighted by molar-refractivity contribution is 7.09. The largest absolute Gasteiger partial charge is 0.395 e. The van der Waals surface area contributed by atoms with Crippen molar-refractivity contribution in [3.63, 3.8) is 0 Å². The number of hydrogen-bond donors (Lipinski definition) is 2. The zero-order valence-corrected chi connectivity index (χ0v) is 10.5. The first kappa shape index (κ1) is 13.3. The summed E-state index contributed by atoms with van der Waals surface area (Å²) >= 11 is 1.66. The Balaban J connectivity index is 2.51. The third-order valence-corrected chi connectivity index (χ3v) is 3.01. The van der Waals surface area contributed by atoms with Crippen LogP contribution in [0.4, 0.5) is 0 Å². The molecule has 0 amide bonds. The van der Waals surface area contributed by atoms with Gasteiger partial charge in [-0.25, -0.2) is 4.98 Å². The van der Waals surface area contributed by atoms with Crippen LogP contribution in [0.25, 0.3) is 0 Å². The zero-order valence-electron chi connectivity index (χ0n) is 9.65. The molecule has 4 nitrogen and oxygen atoms in total. The Morgan fingerprint density at radius 3 is 3.12 bits per heavy atom. The molecular formula is C11H19N3OS. The molecule has 16 heavy (non-hydrogen) atoms. The number of aromatic nitrogens is 1. The fraction of sp³-hybridized carbons (Fsp3) is 0.545. The third-order valence-electron chi connectivity index (χ3n) is 2.12. The minimum absolute atomic E-state index is 0.168. The number of aliphatic hydroxyl groups is 1. The second-order valence-electron chi connectivity index (χ2n) is 3.51. The van der Waals surface area contributed by atoms with E-state index in [4.69, 9.17) is 5.11 Å². The zero-order chi connectivity index (χ0) is 11.8. The first-order valence-electron chi connectivity index (χ1n) is 5.32. The maximum atomic E-state index is 8.93. The molecule has 0 atom stereocenters. The van der Waals surface area contributed by atoms with E-state index in [1.54, 1.807) is 11.3 Å². The molecule has 0 aliphatic rings. The molecule has 0 bridgehead atoms. The quantitative estimate of drug-likeness (QED) is 0.662. The lowest BCUT2D eigenvalue weighted by Crippen LogP contribution is -2.26. The van der Waals surface area contributed by atoms with E-state index in [0.29, 0.717) is 6.54 Å². The first-order chi connectivity index (χ1) is 7.80. The van der Waals surface area contributed by atoms with Gasteiger partial charge in [-0.15, -0.1) is 17.9 Å². The van der Waals surface area contributed by atoms with Gasteiger partial charge in [-0.2, -0.15) is 0 Å². The van der Waals surface area contributed by atoms with E-state index in [-0.39, 0.29) is 6.61 Å². The van der Waals surface area contributed by atoms with Crippen molar-refractivity contribution in [1.82, 2.24) is 15.2 Å². The first-order valence-corrected chi connectivity index (χ1v) is 6.20. The molecule has 0 aliphatic heterocycles. The second-order valence-corrected chi connectivity index (χ2v) is 4.45. The Kier molecular flexibility index (Phi) is 6.25. The van der Waals surface area contributed by atoms with Crippen molar-refractivity contribution in [2.75, 3.05) is 26.7 Å². The summed E-state index contributed by atoms with van der Waals surface area (Å²) in [6.07, 6.45) is 1.84. The monoisotopic (exact) mass is 241 g/mol. The highest BCUT2D eigenvalue weighted by Crippen LogP contribution is 2.11. The average Bonchev–Trinajstić information content (AvgIpc) is 2.67. The van der Waals surface area contributed by atoms with Gasteiger partial charge >= 0.3 is 0 Å². The van der Waals surface area contributed by atoms with Gasteiger partial charge in [0.1, 0.15) is 5.01 Å². The third kappa shape index (κ3) is 4.40. The van der Waals surface area contributed by atoms with Crippen LogP contribution in [0.5, 0.6) is 0 Å². The molecule has 0 saturated carbocycles. The molecule has 5 heteroatoms. The van der Waals surface area contributed by atoms with E-state index in [2.05, 4.69) is 27.2 Å². The molecule has 2 N–H and O–H groups in total. The van der Waals surface area contributed by atoms with Crippen molar-refractivity contribution in [2.45, 2.75) is 13.1 Å². The number of thiazole rings is 1. The predicted octanol–water partition coefficient (Wildman–Crippen LogP) is 0.843. The average molecular weight is 241 g/mol. The van der Waals surface area contributed by atoms with Crippen LogP contribution in [-0.4, -0.2) is 41.7 Å². The van der Waals surface area contributed by atoms with E-state index < -0.39 is 0 Å². The van der Waals surface area contributed by atoms with Crippen molar-refractivity contribution in [3.05, 3.63) is 28.7 Å². The molecule has 1 heterocycles. The van der Waals surface area contributed by atoms with Crippen LogP contribution in [0.1, 0.15) is 10.7 Å². The van der Waals surface area contributed by atoms with E-state index in [1.807, 2.05) is 13.1 Å². The highest BCUT2D eigenvalue weighted by Gasteiger charge is 2.06. The molecule has 90 valence electrons. The summed E-state index contributed by atoms with van der Waals surface area (Å²) in [5.74, 6) is 0. The lowest BCUT2D eigenvalue weighted by Gasteiger charge is -2.17. The van der Waals surface area contributed by atoms with E-state index in [1.165, 1.54) is 0 Å². The Bertz CT molecular complexity index is 314. The summed E-state index contributed by atoms with van der Waals surface area (Å²) in [4.78, 5) is 6.62. The van der Waals surface area contributed by atoms with Crippen molar-refractivity contribution in [2.24, 2.45) is 0 Å². The SMILES string of the molecule is C=CCN(CCO)Cc1csc(CNC)n1. The summed E-state index contributed by atoms with van der Waals surface area (Å²) in [5, 5.41) is 15.2. The van der Waals surface area contributed by atoms with Crippen LogP contribution in [0.15, 0.2) is 18.0 Å². The molecule has 1 aromatic heterocycles. The van der Waals surface area contributed by atoms with Gasteiger partial charge in [0, 0.05) is 31.6 Å². The van der Waals surface area contributed by atoms with Crippen LogP contribution in [0.3, 0.4) is 0 Å². The van der Waals surface area contributed by atoms with Gasteiger partial charge in [0.2, 0.25) is 0 Å². The van der Waals surface area contributed by atoms with Crippen molar-refractivity contribution in [1.29, 1.82) is 0 Å². The fourth-order valence-electron chi connectivity index (χ4n) is 1.44. The van der Waals surface area contributed by atoms with Gasteiger partial charge in [0.15, 0.2) is 0 Å². The Morgan fingerprint density at radius 1 is 1.69 bits per heavy atom. The standard InChI is InChI=1S/C11H19N3OS/c1-3-4-14(5-6-15)8-10-9-16-11(13-10)7-12-2/h3,9,12,15H,1,4-8H2,2H3. The van der Waals surface area contributed by atoms with Crippen molar-refractivity contribution >= 4 is 11.3 Å². The summed E-state index contributed by atoms with van der Waals surface area (Å²) in [5.41, 5.74) is 1.06. The molecule has 0 aromatic carbocycles. The Labute approximate surface area is 101 Å². The fourth-order valence-corrected chi connectivity index (χ4v) is 2.24. The van der Waals surface area contributed by atoms with Crippen LogP contribution < -0.4 is 5.32 Å². The van der Waals surface area contributed by atoms with Crippen LogP contribution in [-0.2, 0) is 13.1 Å². The summed E-state index contributed by atoms with van der Waals surface area (Å²) in [6.45, 7) is 6.89. The number of nitrogens with one attached hydrogen (secondary N) is 1. The van der Waals surface area contributed by atoms with E-state index in [0.717, 1.165) is 30.3 Å². The normalized spacial score (nSPS) is 10.9. The molecule has 0 saturated heterocycles. The smallest absolute Gasteiger partial charge is 0.107 e. The maximum Gasteiger partial charge on any atom is 0.107 e. The van der Waals surface area contributed by atoms with Gasteiger partial charge in [-0.1, -0.05) is 6.08 Å². The highest BCUT2D eigenvalue weighted by atomic mass is 32.1.